The van der Waals surface area contributed by atoms with Crippen molar-refractivity contribution in [3.05, 3.63) is 20.7 Å². The molecule has 0 saturated heterocycles. The second kappa shape index (κ2) is 6.19. The third kappa shape index (κ3) is 5.05. The van der Waals surface area contributed by atoms with Crippen LogP contribution in [0.25, 0.3) is 0 Å². The molecule has 0 unspecified atom stereocenters. The number of nitrogens with zero attached hydrogens (tertiary/aromatic N) is 2. The molecule has 0 fully saturated rings. The van der Waals surface area contributed by atoms with Crippen LogP contribution in [0.3, 0.4) is 0 Å². The highest BCUT2D eigenvalue weighted by Crippen LogP contribution is 2.12. The Hall–Kier alpha value is -1.08. The summed E-state index contributed by atoms with van der Waals surface area (Å²) < 4.78 is 1.48. The van der Waals surface area contributed by atoms with Crippen LogP contribution < -0.4 is 16.4 Å². The minimum absolute atomic E-state index is 0.119. The summed E-state index contributed by atoms with van der Waals surface area (Å²) in [6.07, 6.45) is 0.969. The quantitative estimate of drug-likeness (QED) is 0.459. The average Bonchev–Trinajstić information content (AvgIpc) is 2.23. The van der Waals surface area contributed by atoms with Gasteiger partial charge in [0, 0.05) is 18.3 Å². The number of aromatic nitrogens is 3. The van der Waals surface area contributed by atoms with E-state index >= 15 is 0 Å². The van der Waals surface area contributed by atoms with Crippen LogP contribution in [0, 0.1) is 0 Å². The zero-order chi connectivity index (χ0) is 13.8. The number of hydrogen-bond acceptors (Lipinski definition) is 5. The van der Waals surface area contributed by atoms with Crippen LogP contribution in [0.2, 0.25) is 0 Å². The lowest BCUT2D eigenvalue weighted by Gasteiger charge is -2.20. The third-order valence-electron chi connectivity index (χ3n) is 2.16. The van der Waals surface area contributed by atoms with E-state index in [0.717, 1.165) is 18.7 Å². The van der Waals surface area contributed by atoms with Crippen LogP contribution in [0.4, 0.5) is 0 Å². The molecule has 0 spiro atoms. The summed E-state index contributed by atoms with van der Waals surface area (Å²) in [5.74, 6) is 0.843. The molecule has 0 aliphatic rings. The first-order valence-electron chi connectivity index (χ1n) is 5.85. The van der Waals surface area contributed by atoms with Crippen molar-refractivity contribution in [1.82, 2.24) is 20.1 Å². The molecule has 7 heteroatoms. The highest BCUT2D eigenvalue weighted by Gasteiger charge is 2.08. The number of H-pyrrole nitrogens is 1. The molecule has 0 atom stereocenters. The Morgan fingerprint density at radius 2 is 2.06 bits per heavy atom. The van der Waals surface area contributed by atoms with Gasteiger partial charge in [-0.1, -0.05) is 11.8 Å². The summed E-state index contributed by atoms with van der Waals surface area (Å²) >= 11 is 1.46. The topological polar surface area (TPSA) is 79.8 Å². The van der Waals surface area contributed by atoms with Gasteiger partial charge in [0.2, 0.25) is 0 Å². The molecule has 0 aliphatic carbocycles. The van der Waals surface area contributed by atoms with Crippen molar-refractivity contribution in [1.29, 1.82) is 0 Å². The Morgan fingerprint density at radius 3 is 2.67 bits per heavy atom. The highest BCUT2D eigenvalue weighted by molar-refractivity contribution is 7.99. The van der Waals surface area contributed by atoms with E-state index in [1.807, 2.05) is 0 Å². The van der Waals surface area contributed by atoms with Crippen molar-refractivity contribution in [2.24, 2.45) is 7.05 Å². The molecule has 1 rings (SSSR count). The molecular weight excluding hydrogens is 252 g/mol. The van der Waals surface area contributed by atoms with Gasteiger partial charge in [-0.15, -0.1) is 0 Å². The number of nitrogens with one attached hydrogen (secondary N) is 2. The summed E-state index contributed by atoms with van der Waals surface area (Å²) in [6.45, 7) is 7.27. The maximum absolute atomic E-state index is 11.1. The highest BCUT2D eigenvalue weighted by atomic mass is 32.2. The van der Waals surface area contributed by atoms with Crippen molar-refractivity contribution < 1.29 is 0 Å². The van der Waals surface area contributed by atoms with E-state index < -0.39 is 11.1 Å². The SMILES string of the molecule is Cn1[nH]c(=O)c(=O)nc1SCCCNC(C)(C)C. The molecule has 1 heterocycles. The Labute approximate surface area is 110 Å². The molecule has 0 aromatic carbocycles. The van der Waals surface area contributed by atoms with Gasteiger partial charge in [-0.05, 0) is 33.7 Å². The van der Waals surface area contributed by atoms with Gasteiger partial charge in [-0.3, -0.25) is 19.4 Å². The zero-order valence-electron chi connectivity index (χ0n) is 11.2. The molecule has 18 heavy (non-hydrogen) atoms. The van der Waals surface area contributed by atoms with Crippen LogP contribution in [0.15, 0.2) is 14.7 Å². The monoisotopic (exact) mass is 272 g/mol. The van der Waals surface area contributed by atoms with Gasteiger partial charge in [0.15, 0.2) is 5.16 Å². The average molecular weight is 272 g/mol. The van der Waals surface area contributed by atoms with Crippen molar-refractivity contribution in [2.45, 2.75) is 37.9 Å². The Bertz CT molecular complexity index is 501. The molecular formula is C11H20N4O2S. The Balaban J connectivity index is 2.43. The fourth-order valence-corrected chi connectivity index (χ4v) is 2.15. The second-order valence-corrected chi connectivity index (χ2v) is 6.14. The van der Waals surface area contributed by atoms with Gasteiger partial charge in [0.05, 0.1) is 0 Å². The van der Waals surface area contributed by atoms with E-state index in [4.69, 9.17) is 0 Å². The third-order valence-corrected chi connectivity index (χ3v) is 3.27. The van der Waals surface area contributed by atoms with Gasteiger partial charge in [-0.25, -0.2) is 0 Å². The van der Waals surface area contributed by atoms with Crippen LogP contribution in [0.1, 0.15) is 27.2 Å². The maximum Gasteiger partial charge on any atom is 0.339 e. The van der Waals surface area contributed by atoms with Crippen molar-refractivity contribution >= 4 is 11.8 Å². The number of hydrogen-bond donors (Lipinski definition) is 2. The lowest BCUT2D eigenvalue weighted by atomic mass is 10.1. The predicted octanol–water partition coefficient (Wildman–Crippen LogP) is 0.339. The van der Waals surface area contributed by atoms with E-state index in [2.05, 4.69) is 36.2 Å². The molecule has 0 amide bonds. The van der Waals surface area contributed by atoms with Crippen molar-refractivity contribution in [3.8, 4) is 0 Å². The van der Waals surface area contributed by atoms with Gasteiger partial charge < -0.3 is 5.32 Å². The van der Waals surface area contributed by atoms with Gasteiger partial charge in [0.1, 0.15) is 0 Å². The van der Waals surface area contributed by atoms with Crippen LogP contribution in [0.5, 0.6) is 0 Å². The minimum atomic E-state index is -0.733. The normalized spacial score (nSPS) is 11.8. The second-order valence-electron chi connectivity index (χ2n) is 5.08. The fraction of sp³-hybridized carbons (Fsp3) is 0.727. The van der Waals surface area contributed by atoms with E-state index in [1.165, 1.54) is 16.4 Å². The zero-order valence-corrected chi connectivity index (χ0v) is 12.1. The molecule has 0 bridgehead atoms. The first kappa shape index (κ1) is 15.0. The van der Waals surface area contributed by atoms with Crippen molar-refractivity contribution in [2.75, 3.05) is 12.3 Å². The number of thioether (sulfide) groups is 1. The molecule has 2 N–H and O–H groups in total. The molecule has 0 radical (unpaired) electrons. The fourth-order valence-electron chi connectivity index (χ4n) is 1.29. The lowest BCUT2D eigenvalue weighted by molar-refractivity contribution is 0.427. The summed E-state index contributed by atoms with van der Waals surface area (Å²) in [5, 5.41) is 6.34. The molecule has 102 valence electrons. The number of aryl methyl sites for hydroxylation is 1. The van der Waals surface area contributed by atoms with E-state index in [1.54, 1.807) is 7.05 Å². The van der Waals surface area contributed by atoms with E-state index in [0.29, 0.717) is 5.16 Å². The molecule has 1 aromatic rings. The number of rotatable bonds is 5. The largest absolute Gasteiger partial charge is 0.339 e. The first-order valence-corrected chi connectivity index (χ1v) is 6.83. The summed E-state index contributed by atoms with van der Waals surface area (Å²) in [4.78, 5) is 25.9. The minimum Gasteiger partial charge on any atom is -0.312 e. The van der Waals surface area contributed by atoms with E-state index in [9.17, 15) is 9.59 Å². The van der Waals surface area contributed by atoms with Crippen LogP contribution in [-0.4, -0.2) is 32.6 Å². The Morgan fingerprint density at radius 1 is 1.39 bits per heavy atom. The molecule has 0 aliphatic heterocycles. The number of aromatic amines is 1. The molecule has 1 aromatic heterocycles. The van der Waals surface area contributed by atoms with Gasteiger partial charge in [-0.2, -0.15) is 4.98 Å². The summed E-state index contributed by atoms with van der Waals surface area (Å²) in [7, 11) is 1.67. The molecule has 6 nitrogen and oxygen atoms in total. The van der Waals surface area contributed by atoms with Gasteiger partial charge in [0.25, 0.3) is 0 Å². The first-order chi connectivity index (χ1) is 8.29. The maximum atomic E-state index is 11.1. The lowest BCUT2D eigenvalue weighted by Crippen LogP contribution is -2.36. The summed E-state index contributed by atoms with van der Waals surface area (Å²) in [5.41, 5.74) is -1.30. The van der Waals surface area contributed by atoms with Crippen LogP contribution in [-0.2, 0) is 7.05 Å². The van der Waals surface area contributed by atoms with Crippen LogP contribution >= 0.6 is 11.8 Å². The van der Waals surface area contributed by atoms with E-state index in [-0.39, 0.29) is 5.54 Å². The predicted molar refractivity (Wildman–Crippen MR) is 73.2 cm³/mol. The van der Waals surface area contributed by atoms with Crippen molar-refractivity contribution in [3.63, 3.8) is 0 Å². The molecule has 0 saturated carbocycles. The smallest absolute Gasteiger partial charge is 0.312 e. The standard InChI is InChI=1S/C11H20N4O2S/c1-11(2,3)12-6-5-7-18-10-13-8(16)9(17)14-15(10)4/h12H,5-7H2,1-4H3,(H,14,17). The Kier molecular flexibility index (Phi) is 5.15. The van der Waals surface area contributed by atoms with Gasteiger partial charge >= 0.3 is 11.1 Å². The summed E-state index contributed by atoms with van der Waals surface area (Å²) in [6, 6.07) is 0.